The predicted molar refractivity (Wildman–Crippen MR) is 88.4 cm³/mol. The van der Waals surface area contributed by atoms with E-state index in [-0.39, 0.29) is 18.1 Å². The molecule has 1 amide bonds. The minimum Gasteiger partial charge on any atom is -0.376 e. The maximum absolute atomic E-state index is 12.0. The van der Waals surface area contributed by atoms with Crippen LogP contribution in [0, 0.1) is 0 Å². The van der Waals surface area contributed by atoms with E-state index in [1.54, 1.807) is 0 Å². The SMILES string of the molecule is CC(NC(=O)CCc1nc(Cc2ccccc2)no1)C1CCCO1. The average Bonchev–Trinajstić information content (AvgIpc) is 3.26. The fourth-order valence-corrected chi connectivity index (χ4v) is 2.88. The largest absolute Gasteiger partial charge is 0.376 e. The van der Waals surface area contributed by atoms with Crippen LogP contribution in [0.5, 0.6) is 0 Å². The molecule has 1 aromatic heterocycles. The van der Waals surface area contributed by atoms with Crippen LogP contribution in [0.15, 0.2) is 34.9 Å². The summed E-state index contributed by atoms with van der Waals surface area (Å²) in [5, 5.41) is 6.96. The number of hydrogen-bond acceptors (Lipinski definition) is 5. The van der Waals surface area contributed by atoms with Gasteiger partial charge in [0.05, 0.1) is 12.1 Å². The zero-order valence-electron chi connectivity index (χ0n) is 13.9. The highest BCUT2D eigenvalue weighted by atomic mass is 16.5. The van der Waals surface area contributed by atoms with Gasteiger partial charge in [-0.2, -0.15) is 4.98 Å². The van der Waals surface area contributed by atoms with E-state index in [0.29, 0.717) is 31.0 Å². The number of nitrogens with zero attached hydrogens (tertiary/aromatic N) is 2. The number of aromatic nitrogens is 2. The Labute approximate surface area is 141 Å². The first kappa shape index (κ1) is 16.6. The molecule has 1 fully saturated rings. The highest BCUT2D eigenvalue weighted by Gasteiger charge is 2.23. The van der Waals surface area contributed by atoms with E-state index in [2.05, 4.69) is 15.5 Å². The van der Waals surface area contributed by atoms with Crippen LogP contribution in [-0.4, -0.2) is 34.8 Å². The van der Waals surface area contributed by atoms with E-state index < -0.39 is 0 Å². The molecule has 24 heavy (non-hydrogen) atoms. The summed E-state index contributed by atoms with van der Waals surface area (Å²) in [7, 11) is 0. The van der Waals surface area contributed by atoms with Crippen molar-refractivity contribution in [1.29, 1.82) is 0 Å². The number of amides is 1. The van der Waals surface area contributed by atoms with Crippen molar-refractivity contribution in [3.8, 4) is 0 Å². The van der Waals surface area contributed by atoms with Crippen molar-refractivity contribution >= 4 is 5.91 Å². The maximum Gasteiger partial charge on any atom is 0.227 e. The molecule has 1 aromatic carbocycles. The van der Waals surface area contributed by atoms with Gasteiger partial charge in [0.1, 0.15) is 0 Å². The van der Waals surface area contributed by atoms with Crippen LogP contribution in [0.4, 0.5) is 0 Å². The van der Waals surface area contributed by atoms with E-state index in [1.807, 2.05) is 37.3 Å². The van der Waals surface area contributed by atoms with Gasteiger partial charge in [0.2, 0.25) is 11.8 Å². The average molecular weight is 329 g/mol. The van der Waals surface area contributed by atoms with Gasteiger partial charge in [0.15, 0.2) is 5.82 Å². The Morgan fingerprint density at radius 1 is 1.38 bits per heavy atom. The minimum absolute atomic E-state index is 0.0131. The van der Waals surface area contributed by atoms with Crippen molar-refractivity contribution in [3.05, 3.63) is 47.6 Å². The third kappa shape index (κ3) is 4.64. The molecule has 2 aromatic rings. The lowest BCUT2D eigenvalue weighted by Gasteiger charge is -2.19. The van der Waals surface area contributed by atoms with E-state index in [4.69, 9.17) is 9.26 Å². The second kappa shape index (κ2) is 8.06. The van der Waals surface area contributed by atoms with E-state index in [9.17, 15) is 4.79 Å². The van der Waals surface area contributed by atoms with Crippen LogP contribution in [0.1, 0.15) is 43.5 Å². The summed E-state index contributed by atoms with van der Waals surface area (Å²) in [5.41, 5.74) is 1.13. The summed E-state index contributed by atoms with van der Waals surface area (Å²) in [6, 6.07) is 10.0. The molecule has 2 heterocycles. The predicted octanol–water partition coefficient (Wildman–Crippen LogP) is 2.28. The highest BCUT2D eigenvalue weighted by molar-refractivity contribution is 5.76. The summed E-state index contributed by atoms with van der Waals surface area (Å²) < 4.78 is 10.8. The highest BCUT2D eigenvalue weighted by Crippen LogP contribution is 2.15. The normalized spacial score (nSPS) is 18.5. The molecule has 0 saturated carbocycles. The van der Waals surface area contributed by atoms with Crippen LogP contribution < -0.4 is 5.32 Å². The standard InChI is InChI=1S/C18H23N3O3/c1-13(15-8-5-11-23-15)19-17(22)9-10-18-20-16(21-24-18)12-14-6-3-2-4-7-14/h2-4,6-7,13,15H,5,8-12H2,1H3,(H,19,22). The van der Waals surface area contributed by atoms with Crippen molar-refractivity contribution in [3.63, 3.8) is 0 Å². The van der Waals surface area contributed by atoms with Gasteiger partial charge < -0.3 is 14.6 Å². The molecule has 0 spiro atoms. The molecule has 0 bridgehead atoms. The number of rotatable bonds is 7. The zero-order valence-corrected chi connectivity index (χ0v) is 13.9. The van der Waals surface area contributed by atoms with Crippen LogP contribution in [0.25, 0.3) is 0 Å². The molecule has 6 nitrogen and oxygen atoms in total. The fraction of sp³-hybridized carbons (Fsp3) is 0.500. The smallest absolute Gasteiger partial charge is 0.227 e. The number of carbonyl (C=O) groups is 1. The van der Waals surface area contributed by atoms with Gasteiger partial charge in [-0.3, -0.25) is 4.79 Å². The molecule has 2 atom stereocenters. The maximum atomic E-state index is 12.0. The lowest BCUT2D eigenvalue weighted by Crippen LogP contribution is -2.40. The van der Waals surface area contributed by atoms with Crippen molar-refractivity contribution in [2.75, 3.05) is 6.61 Å². The van der Waals surface area contributed by atoms with Gasteiger partial charge in [0.25, 0.3) is 0 Å². The zero-order chi connectivity index (χ0) is 16.8. The minimum atomic E-state index is -0.0131. The lowest BCUT2D eigenvalue weighted by molar-refractivity contribution is -0.122. The van der Waals surface area contributed by atoms with Crippen molar-refractivity contribution in [1.82, 2.24) is 15.5 Å². The number of hydrogen-bond donors (Lipinski definition) is 1. The molecule has 0 radical (unpaired) electrons. The van der Waals surface area contributed by atoms with Crippen molar-refractivity contribution < 1.29 is 14.1 Å². The number of benzene rings is 1. The second-order valence-electron chi connectivity index (χ2n) is 6.17. The topological polar surface area (TPSA) is 77.3 Å². The molecule has 1 aliphatic heterocycles. The van der Waals surface area contributed by atoms with Gasteiger partial charge in [-0.1, -0.05) is 35.5 Å². The Balaban J connectivity index is 1.44. The van der Waals surface area contributed by atoms with E-state index >= 15 is 0 Å². The van der Waals surface area contributed by atoms with E-state index in [0.717, 1.165) is 25.0 Å². The van der Waals surface area contributed by atoms with Crippen LogP contribution >= 0.6 is 0 Å². The first-order valence-corrected chi connectivity index (χ1v) is 8.47. The summed E-state index contributed by atoms with van der Waals surface area (Å²) >= 11 is 0. The number of ether oxygens (including phenoxy) is 1. The van der Waals surface area contributed by atoms with Gasteiger partial charge in [-0.15, -0.1) is 0 Å². The Morgan fingerprint density at radius 3 is 2.96 bits per heavy atom. The summed E-state index contributed by atoms with van der Waals surface area (Å²) in [6.07, 6.45) is 3.63. The first-order chi connectivity index (χ1) is 11.7. The Morgan fingerprint density at radius 2 is 2.21 bits per heavy atom. The number of nitrogens with one attached hydrogen (secondary N) is 1. The van der Waals surface area contributed by atoms with Gasteiger partial charge in [0, 0.05) is 25.9 Å². The van der Waals surface area contributed by atoms with E-state index in [1.165, 1.54) is 0 Å². The Hall–Kier alpha value is -2.21. The molecule has 1 aliphatic rings. The molecule has 6 heteroatoms. The van der Waals surface area contributed by atoms with Crippen LogP contribution in [0.3, 0.4) is 0 Å². The van der Waals surface area contributed by atoms with Gasteiger partial charge in [-0.05, 0) is 25.3 Å². The van der Waals surface area contributed by atoms with Crippen molar-refractivity contribution in [2.24, 2.45) is 0 Å². The molecule has 0 aliphatic carbocycles. The lowest BCUT2D eigenvalue weighted by atomic mass is 10.1. The van der Waals surface area contributed by atoms with Crippen LogP contribution in [0.2, 0.25) is 0 Å². The van der Waals surface area contributed by atoms with Crippen molar-refractivity contribution in [2.45, 2.75) is 51.2 Å². The summed E-state index contributed by atoms with van der Waals surface area (Å²) in [5.74, 6) is 1.13. The molecular weight excluding hydrogens is 306 g/mol. The quantitative estimate of drug-likeness (QED) is 0.843. The second-order valence-corrected chi connectivity index (χ2v) is 6.17. The molecule has 1 N–H and O–H groups in total. The number of carbonyl (C=O) groups excluding carboxylic acids is 1. The Kier molecular flexibility index (Phi) is 5.59. The van der Waals surface area contributed by atoms with Gasteiger partial charge in [-0.25, -0.2) is 0 Å². The van der Waals surface area contributed by atoms with Gasteiger partial charge >= 0.3 is 0 Å². The third-order valence-electron chi connectivity index (χ3n) is 4.19. The monoisotopic (exact) mass is 329 g/mol. The Bertz CT molecular complexity index is 651. The molecule has 128 valence electrons. The first-order valence-electron chi connectivity index (χ1n) is 8.47. The third-order valence-corrected chi connectivity index (χ3v) is 4.19. The molecule has 3 rings (SSSR count). The number of aryl methyl sites for hydroxylation is 1. The molecule has 1 saturated heterocycles. The molecule has 2 unspecified atom stereocenters. The summed E-state index contributed by atoms with van der Waals surface area (Å²) in [6.45, 7) is 2.77. The fourth-order valence-electron chi connectivity index (χ4n) is 2.88. The molecular formula is C18H23N3O3. The summed E-state index contributed by atoms with van der Waals surface area (Å²) in [4.78, 5) is 16.4. The van der Waals surface area contributed by atoms with Crippen LogP contribution in [-0.2, 0) is 22.4 Å².